The molecule has 9 heterocycles. The highest BCUT2D eigenvalue weighted by Gasteiger charge is 2.19. The number of nitrogens with zero attached hydrogens (tertiary/aromatic N) is 18. The molecule has 0 bridgehead atoms. The van der Waals surface area contributed by atoms with E-state index in [2.05, 4.69) is 86.5 Å². The van der Waals surface area contributed by atoms with Gasteiger partial charge in [-0.2, -0.15) is 44.7 Å². The molecule has 9 aromatic rings. The number of aromatic nitrogens is 18. The first-order chi connectivity index (χ1) is 30.0. The van der Waals surface area contributed by atoms with Crippen LogP contribution in [0.2, 0.25) is 0 Å². The maximum Gasteiger partial charge on any atom is 0.290 e. The van der Waals surface area contributed by atoms with E-state index in [0.717, 1.165) is 16.5 Å². The monoisotopic (exact) mass is 903 g/mol. The van der Waals surface area contributed by atoms with Gasteiger partial charge >= 0.3 is 0 Å². The molecule has 0 aliphatic carbocycles. The summed E-state index contributed by atoms with van der Waals surface area (Å²) >= 11 is 17.2. The minimum atomic E-state index is -0.445. The van der Waals surface area contributed by atoms with E-state index in [4.69, 9.17) is 57.8 Å². The van der Waals surface area contributed by atoms with Crippen LogP contribution in [-0.4, -0.2) is 112 Å². The highest BCUT2D eigenvalue weighted by molar-refractivity contribution is 6.18. The Morgan fingerprint density at radius 3 is 1.71 bits per heavy atom. The van der Waals surface area contributed by atoms with Crippen molar-refractivity contribution in [2.45, 2.75) is 33.5 Å². The standard InChI is InChI=1S/C13H14ClN9O.C13H12ClN9.C7H10ClN7/c1-7-9(17-4-3-16-7)12(24)22-21-10-8-6-18-23(5-2-14)11(8)20-13(15)19-10;1-7-9(17-4-3-16-7)10-19-12-8-6-18-22(5-2-14)11(8)20-13(15)23(12)21-10;8-1-2-15-6-4(3-11-15)5(14-10)12-7(9)13-6/h3-4,6H,2,5H2,1H3,(H,22,24)(H3,15,19,20,21);3-4,6H,2,5H2,1H3,(H2,15,20);3H,1-2,10H2,(H3,9,12,13,14). The number of fused-ring (bicyclic) bond motifs is 5. The van der Waals surface area contributed by atoms with Crippen molar-refractivity contribution in [3.63, 3.8) is 0 Å². The molecule has 0 saturated carbocycles. The fourth-order valence-electron chi connectivity index (χ4n) is 5.87. The molecule has 9 aromatic heterocycles. The van der Waals surface area contributed by atoms with Gasteiger partial charge in [0.15, 0.2) is 39.9 Å². The van der Waals surface area contributed by atoms with Crippen molar-refractivity contribution < 1.29 is 4.79 Å². The summed E-state index contributed by atoms with van der Waals surface area (Å²) in [7, 11) is 0. The molecule has 0 spiro atoms. The Hall–Kier alpha value is -7.42. The molecular weight excluding hydrogens is 869 g/mol. The van der Waals surface area contributed by atoms with Gasteiger partial charge in [0.2, 0.25) is 23.7 Å². The molecule has 0 fully saturated rings. The molecule has 0 saturated heterocycles. The normalized spacial score (nSPS) is 11.1. The highest BCUT2D eigenvalue weighted by Crippen LogP contribution is 2.24. The summed E-state index contributed by atoms with van der Waals surface area (Å²) in [6.45, 7) is 5.12. The minimum Gasteiger partial charge on any atom is -0.368 e. The van der Waals surface area contributed by atoms with Crippen LogP contribution in [0.1, 0.15) is 21.9 Å². The molecule has 11 N–H and O–H groups in total. The third-order valence-electron chi connectivity index (χ3n) is 8.63. The van der Waals surface area contributed by atoms with E-state index in [1.54, 1.807) is 52.0 Å². The number of anilines is 5. The Balaban J connectivity index is 0.000000144. The number of alkyl halides is 3. The molecule has 29 heteroatoms. The zero-order valence-corrected chi connectivity index (χ0v) is 35.0. The van der Waals surface area contributed by atoms with E-state index in [-0.39, 0.29) is 23.5 Å². The molecule has 0 atom stereocenters. The maximum absolute atomic E-state index is 12.2. The van der Waals surface area contributed by atoms with Gasteiger partial charge in [-0.25, -0.2) is 34.8 Å². The summed E-state index contributed by atoms with van der Waals surface area (Å²) in [6.07, 6.45) is 11.1. The van der Waals surface area contributed by atoms with E-state index in [9.17, 15) is 4.79 Å². The van der Waals surface area contributed by atoms with Crippen LogP contribution in [0, 0.1) is 13.8 Å². The lowest BCUT2D eigenvalue weighted by atomic mass is 10.3. The van der Waals surface area contributed by atoms with Crippen LogP contribution in [0.5, 0.6) is 0 Å². The Bertz CT molecular complexity index is 3020. The van der Waals surface area contributed by atoms with Crippen LogP contribution in [-0.2, 0) is 19.6 Å². The molecule has 1 amide bonds. The number of nitrogens with one attached hydrogen (secondary N) is 3. The van der Waals surface area contributed by atoms with E-state index in [0.29, 0.717) is 94.1 Å². The lowest BCUT2D eigenvalue weighted by molar-refractivity contribution is 0.0956. The first-order valence-electron chi connectivity index (χ1n) is 18.2. The molecule has 9 rings (SSSR count). The summed E-state index contributed by atoms with van der Waals surface area (Å²) in [6, 6.07) is 0. The number of hydrogen-bond acceptors (Lipinski definition) is 21. The third kappa shape index (κ3) is 8.87. The Labute approximate surface area is 363 Å². The van der Waals surface area contributed by atoms with Gasteiger partial charge in [-0.3, -0.25) is 25.6 Å². The number of nitrogens with two attached hydrogens (primary N) is 4. The Morgan fingerprint density at radius 1 is 0.629 bits per heavy atom. The van der Waals surface area contributed by atoms with Crippen LogP contribution in [0.15, 0.2) is 43.4 Å². The number of aryl methyl sites for hydroxylation is 5. The predicted molar refractivity (Wildman–Crippen MR) is 232 cm³/mol. The number of hydrazine groups is 2. The van der Waals surface area contributed by atoms with Crippen LogP contribution in [0.25, 0.3) is 50.3 Å². The van der Waals surface area contributed by atoms with E-state index >= 15 is 0 Å². The van der Waals surface area contributed by atoms with Gasteiger partial charge < -0.3 is 22.6 Å². The second-order valence-corrected chi connectivity index (χ2v) is 13.7. The molecule has 62 heavy (non-hydrogen) atoms. The van der Waals surface area contributed by atoms with Crippen molar-refractivity contribution in [1.29, 1.82) is 0 Å². The van der Waals surface area contributed by atoms with Crippen molar-refractivity contribution >= 4 is 109 Å². The smallest absolute Gasteiger partial charge is 0.290 e. The SMILES string of the molecule is Cc1nccnc1-c1nc2c3cnn(CCCl)c3nc(N)n2n1.Cc1nccnc1C(=O)NNc1nc(N)nc2c1cnn2CCCl.NNc1nc(N)nc2c1cnn2CCCl. The van der Waals surface area contributed by atoms with Crippen molar-refractivity contribution in [1.82, 2.24) is 94.2 Å². The average Bonchev–Trinajstić information content (AvgIpc) is 4.07. The number of hydrogen-bond donors (Lipinski definition) is 7. The summed E-state index contributed by atoms with van der Waals surface area (Å²) < 4.78 is 6.44. The van der Waals surface area contributed by atoms with Gasteiger partial charge in [-0.05, 0) is 13.8 Å². The Morgan fingerprint density at radius 2 is 1.15 bits per heavy atom. The van der Waals surface area contributed by atoms with Crippen molar-refractivity contribution in [2.24, 2.45) is 5.84 Å². The van der Waals surface area contributed by atoms with Crippen LogP contribution >= 0.6 is 34.8 Å². The van der Waals surface area contributed by atoms with Gasteiger partial charge in [-0.1, -0.05) is 0 Å². The first-order valence-corrected chi connectivity index (χ1v) is 19.8. The van der Waals surface area contributed by atoms with Crippen molar-refractivity contribution in [3.05, 3.63) is 60.5 Å². The average molecular weight is 905 g/mol. The van der Waals surface area contributed by atoms with Gasteiger partial charge in [0, 0.05) is 42.4 Å². The van der Waals surface area contributed by atoms with E-state index in [1.165, 1.54) is 16.9 Å². The van der Waals surface area contributed by atoms with Crippen molar-refractivity contribution in [3.8, 4) is 11.5 Å². The molecule has 0 radical (unpaired) electrons. The lowest BCUT2D eigenvalue weighted by Gasteiger charge is -2.09. The molecule has 0 aliphatic rings. The largest absolute Gasteiger partial charge is 0.368 e. The number of rotatable bonds is 11. The van der Waals surface area contributed by atoms with Crippen molar-refractivity contribution in [2.75, 3.05) is 45.7 Å². The predicted octanol–water partition coefficient (Wildman–Crippen LogP) is 1.50. The molecule has 26 nitrogen and oxygen atoms in total. The fraction of sp³-hybridized carbons (Fsp3) is 0.242. The second kappa shape index (κ2) is 18.9. The highest BCUT2D eigenvalue weighted by atomic mass is 35.5. The van der Waals surface area contributed by atoms with Gasteiger partial charge in [-0.15, -0.1) is 39.9 Å². The van der Waals surface area contributed by atoms with Gasteiger partial charge in [0.05, 0.1) is 65.8 Å². The summed E-state index contributed by atoms with van der Waals surface area (Å²) in [5, 5.41) is 19.1. The van der Waals surface area contributed by atoms with Crippen LogP contribution < -0.4 is 39.3 Å². The second-order valence-electron chi connectivity index (χ2n) is 12.6. The zero-order valence-electron chi connectivity index (χ0n) is 32.7. The molecule has 320 valence electrons. The van der Waals surface area contributed by atoms with Gasteiger partial charge in [0.1, 0.15) is 5.69 Å². The molecule has 0 unspecified atom stereocenters. The maximum atomic E-state index is 12.2. The number of nitrogen functional groups attached to an aromatic ring is 4. The number of carbonyl (C=O) groups excluding carboxylic acids is 1. The van der Waals surface area contributed by atoms with Crippen LogP contribution in [0.3, 0.4) is 0 Å². The summed E-state index contributed by atoms with van der Waals surface area (Å²) in [5.41, 5.74) is 29.4. The number of carbonyl (C=O) groups is 1. The molecule has 0 aliphatic heterocycles. The minimum absolute atomic E-state index is 0.0475. The molecule has 0 aromatic carbocycles. The van der Waals surface area contributed by atoms with E-state index < -0.39 is 5.91 Å². The fourth-order valence-corrected chi connectivity index (χ4v) is 6.35. The summed E-state index contributed by atoms with van der Waals surface area (Å²) in [4.78, 5) is 53.8. The lowest BCUT2D eigenvalue weighted by Crippen LogP contribution is -2.31. The summed E-state index contributed by atoms with van der Waals surface area (Å²) in [5.74, 6) is 7.77. The number of amides is 1. The zero-order chi connectivity index (χ0) is 43.9. The molecular formula is C33H36Cl3N25O. The third-order valence-corrected chi connectivity index (χ3v) is 9.14. The van der Waals surface area contributed by atoms with Gasteiger partial charge in [0.25, 0.3) is 5.91 Å². The first kappa shape index (κ1) is 42.7. The Kier molecular flexibility index (Phi) is 13.0. The quantitative estimate of drug-likeness (QED) is 0.0549. The topological polar surface area (TPSA) is 357 Å². The van der Waals surface area contributed by atoms with Crippen LogP contribution in [0.4, 0.5) is 29.5 Å². The number of halogens is 3. The van der Waals surface area contributed by atoms with E-state index in [1.807, 2.05) is 6.92 Å².